The predicted octanol–water partition coefficient (Wildman–Crippen LogP) is 6.00. The average molecular weight is 342 g/mol. The van der Waals surface area contributed by atoms with Gasteiger partial charge in [0.15, 0.2) is 0 Å². The Kier molecular flexibility index (Phi) is 5.11. The predicted molar refractivity (Wildman–Crippen MR) is 87.5 cm³/mol. The average Bonchev–Trinajstić information content (AvgIpc) is 2.42. The van der Waals surface area contributed by atoms with E-state index in [1.807, 2.05) is 12.1 Å². The highest BCUT2D eigenvalue weighted by Gasteiger charge is 2.31. The molecule has 1 aromatic rings. The molecule has 0 unspecified atom stereocenters. The number of nitrogens with one attached hydrogen (secondary N) is 1. The quantitative estimate of drug-likeness (QED) is 0.708. The molecule has 20 heavy (non-hydrogen) atoms. The number of halogens is 2. The van der Waals surface area contributed by atoms with Gasteiger partial charge in [0.1, 0.15) is 5.82 Å². The number of hydrogen-bond acceptors (Lipinski definition) is 1. The molecule has 3 heteroatoms. The molecular formula is C17H25BrFN. The lowest BCUT2D eigenvalue weighted by atomic mass is 9.69. The van der Waals surface area contributed by atoms with Gasteiger partial charge in [-0.05, 0) is 55.2 Å². The number of hydrogen-bond donors (Lipinski definition) is 1. The van der Waals surface area contributed by atoms with Gasteiger partial charge < -0.3 is 5.32 Å². The molecule has 0 aliphatic heterocycles. The second kappa shape index (κ2) is 6.46. The monoisotopic (exact) mass is 341 g/mol. The summed E-state index contributed by atoms with van der Waals surface area (Å²) in [5, 5.41) is 3.37. The first-order chi connectivity index (χ1) is 9.42. The van der Waals surface area contributed by atoms with Gasteiger partial charge in [0.25, 0.3) is 0 Å². The molecule has 0 aromatic heterocycles. The summed E-state index contributed by atoms with van der Waals surface area (Å²) in [6.45, 7) is 7.03. The summed E-state index contributed by atoms with van der Waals surface area (Å²) in [5.74, 6) is 0.635. The van der Waals surface area contributed by atoms with Crippen molar-refractivity contribution in [2.75, 3.05) is 5.32 Å². The Bertz CT molecular complexity index is 450. The number of anilines is 1. The summed E-state index contributed by atoms with van der Waals surface area (Å²) < 4.78 is 14.6. The first-order valence-electron chi connectivity index (χ1n) is 7.64. The zero-order valence-corrected chi connectivity index (χ0v) is 14.3. The molecule has 1 aromatic carbocycles. The summed E-state index contributed by atoms with van der Waals surface area (Å²) in [6.07, 6.45) is 6.01. The van der Waals surface area contributed by atoms with Crippen LogP contribution in [-0.2, 0) is 0 Å². The molecule has 2 rings (SSSR count). The molecule has 1 saturated carbocycles. The maximum absolute atomic E-state index is 13.8. The summed E-state index contributed by atoms with van der Waals surface area (Å²) in [7, 11) is 0. The minimum atomic E-state index is -0.171. The molecule has 1 fully saturated rings. The van der Waals surface area contributed by atoms with Crippen molar-refractivity contribution in [2.45, 2.75) is 58.9 Å². The molecular weight excluding hydrogens is 317 g/mol. The maximum atomic E-state index is 13.8. The van der Waals surface area contributed by atoms with Crippen LogP contribution in [0.4, 0.5) is 10.1 Å². The van der Waals surface area contributed by atoms with E-state index in [1.54, 1.807) is 0 Å². The van der Waals surface area contributed by atoms with Crippen molar-refractivity contribution in [3.8, 4) is 0 Å². The van der Waals surface area contributed by atoms with Crippen LogP contribution in [0.15, 0.2) is 22.7 Å². The largest absolute Gasteiger partial charge is 0.380 e. The smallest absolute Gasteiger partial charge is 0.147 e. The van der Waals surface area contributed by atoms with Crippen LogP contribution in [0, 0.1) is 17.2 Å². The molecule has 0 amide bonds. The number of rotatable bonds is 4. The Hall–Kier alpha value is -0.570. The molecule has 0 heterocycles. The van der Waals surface area contributed by atoms with Gasteiger partial charge in [-0.25, -0.2) is 4.39 Å². The Morgan fingerprint density at radius 2 is 1.90 bits per heavy atom. The standard InChI is InChI=1S/C17H25BrFN/c1-4-17(2,3)12-5-8-14(9-6-12)20-16-10-7-13(18)11-15(16)19/h7,10-12,14,20H,4-6,8-9H2,1-3H3. The molecule has 1 aliphatic carbocycles. The highest BCUT2D eigenvalue weighted by Crippen LogP contribution is 2.41. The molecule has 1 nitrogen and oxygen atoms in total. The lowest BCUT2D eigenvalue weighted by Gasteiger charge is -2.39. The lowest BCUT2D eigenvalue weighted by molar-refractivity contribution is 0.147. The van der Waals surface area contributed by atoms with Crippen molar-refractivity contribution >= 4 is 21.6 Å². The fourth-order valence-corrected chi connectivity index (χ4v) is 3.47. The summed E-state index contributed by atoms with van der Waals surface area (Å²) in [4.78, 5) is 0. The van der Waals surface area contributed by atoms with Gasteiger partial charge in [-0.2, -0.15) is 0 Å². The van der Waals surface area contributed by atoms with Crippen molar-refractivity contribution in [2.24, 2.45) is 11.3 Å². The molecule has 0 radical (unpaired) electrons. The van der Waals surface area contributed by atoms with Gasteiger partial charge in [0.2, 0.25) is 0 Å². The zero-order chi connectivity index (χ0) is 14.8. The van der Waals surface area contributed by atoms with E-state index in [0.717, 1.165) is 23.2 Å². The minimum absolute atomic E-state index is 0.171. The van der Waals surface area contributed by atoms with Crippen LogP contribution in [0.3, 0.4) is 0 Å². The molecule has 1 aliphatic rings. The second-order valence-corrected chi connectivity index (χ2v) is 7.57. The van der Waals surface area contributed by atoms with Crippen LogP contribution in [0.5, 0.6) is 0 Å². The van der Waals surface area contributed by atoms with Crippen molar-refractivity contribution < 1.29 is 4.39 Å². The highest BCUT2D eigenvalue weighted by molar-refractivity contribution is 9.10. The Morgan fingerprint density at radius 3 is 2.45 bits per heavy atom. The van der Waals surface area contributed by atoms with Crippen molar-refractivity contribution in [3.05, 3.63) is 28.5 Å². The van der Waals surface area contributed by atoms with E-state index in [9.17, 15) is 4.39 Å². The summed E-state index contributed by atoms with van der Waals surface area (Å²) in [6, 6.07) is 5.64. The second-order valence-electron chi connectivity index (χ2n) is 6.66. The van der Waals surface area contributed by atoms with E-state index >= 15 is 0 Å². The van der Waals surface area contributed by atoms with Crippen LogP contribution in [0.1, 0.15) is 52.9 Å². The van der Waals surface area contributed by atoms with E-state index in [-0.39, 0.29) is 5.82 Å². The first-order valence-corrected chi connectivity index (χ1v) is 8.43. The van der Waals surface area contributed by atoms with Crippen LogP contribution in [0.2, 0.25) is 0 Å². The molecule has 0 atom stereocenters. The molecule has 0 saturated heterocycles. The van der Waals surface area contributed by atoms with Gasteiger partial charge in [-0.1, -0.05) is 43.1 Å². The van der Waals surface area contributed by atoms with E-state index < -0.39 is 0 Å². The Labute approximate surface area is 130 Å². The van der Waals surface area contributed by atoms with Gasteiger partial charge in [0, 0.05) is 10.5 Å². The van der Waals surface area contributed by atoms with Gasteiger partial charge in [-0.15, -0.1) is 0 Å². The van der Waals surface area contributed by atoms with Crippen LogP contribution < -0.4 is 5.32 Å². The van der Waals surface area contributed by atoms with Crippen molar-refractivity contribution in [1.82, 2.24) is 0 Å². The van der Waals surface area contributed by atoms with E-state index in [1.165, 1.54) is 25.3 Å². The van der Waals surface area contributed by atoms with Crippen LogP contribution in [0.25, 0.3) is 0 Å². The van der Waals surface area contributed by atoms with E-state index in [0.29, 0.717) is 17.1 Å². The van der Waals surface area contributed by atoms with Crippen molar-refractivity contribution in [1.29, 1.82) is 0 Å². The highest BCUT2D eigenvalue weighted by atomic mass is 79.9. The van der Waals surface area contributed by atoms with Crippen LogP contribution in [-0.4, -0.2) is 6.04 Å². The van der Waals surface area contributed by atoms with E-state index in [4.69, 9.17) is 0 Å². The fourth-order valence-electron chi connectivity index (χ4n) is 3.13. The lowest BCUT2D eigenvalue weighted by Crippen LogP contribution is -2.32. The van der Waals surface area contributed by atoms with Crippen LogP contribution >= 0.6 is 15.9 Å². The van der Waals surface area contributed by atoms with Gasteiger partial charge in [-0.3, -0.25) is 0 Å². The third-order valence-corrected chi connectivity index (χ3v) is 5.53. The Balaban J connectivity index is 1.91. The molecule has 0 spiro atoms. The first kappa shape index (κ1) is 15.8. The molecule has 1 N–H and O–H groups in total. The maximum Gasteiger partial charge on any atom is 0.147 e. The molecule has 112 valence electrons. The zero-order valence-electron chi connectivity index (χ0n) is 12.7. The summed E-state index contributed by atoms with van der Waals surface area (Å²) >= 11 is 3.29. The fraction of sp³-hybridized carbons (Fsp3) is 0.647. The number of benzene rings is 1. The van der Waals surface area contributed by atoms with Gasteiger partial charge in [0.05, 0.1) is 5.69 Å². The summed E-state index contributed by atoms with van der Waals surface area (Å²) in [5.41, 5.74) is 1.07. The normalized spacial score (nSPS) is 23.6. The van der Waals surface area contributed by atoms with Crippen molar-refractivity contribution in [3.63, 3.8) is 0 Å². The third kappa shape index (κ3) is 3.75. The Morgan fingerprint density at radius 1 is 1.25 bits per heavy atom. The minimum Gasteiger partial charge on any atom is -0.380 e. The SMILES string of the molecule is CCC(C)(C)C1CCC(Nc2ccc(Br)cc2F)CC1. The van der Waals surface area contributed by atoms with Gasteiger partial charge >= 0.3 is 0 Å². The molecule has 0 bridgehead atoms. The van der Waals surface area contributed by atoms with E-state index in [2.05, 4.69) is 42.0 Å². The topological polar surface area (TPSA) is 12.0 Å². The third-order valence-electron chi connectivity index (χ3n) is 5.03.